The Bertz CT molecular complexity index is 618. The molecule has 1 atom stereocenters. The van der Waals surface area contributed by atoms with Gasteiger partial charge in [-0.2, -0.15) is 0 Å². The molecular formula is C16H13BrN2. The van der Waals surface area contributed by atoms with Crippen molar-refractivity contribution >= 4 is 27.3 Å². The summed E-state index contributed by atoms with van der Waals surface area (Å²) in [5.74, 6) is 0. The van der Waals surface area contributed by atoms with E-state index in [4.69, 9.17) is 0 Å². The Morgan fingerprint density at radius 3 is 2.05 bits per heavy atom. The van der Waals surface area contributed by atoms with E-state index in [0.29, 0.717) is 0 Å². The van der Waals surface area contributed by atoms with Gasteiger partial charge < -0.3 is 5.32 Å². The molecule has 0 fully saturated rings. The number of hydrogen-bond acceptors (Lipinski definition) is 2. The Kier molecular flexibility index (Phi) is 3.47. The van der Waals surface area contributed by atoms with Crippen LogP contribution in [0.1, 0.15) is 11.1 Å². The van der Waals surface area contributed by atoms with Gasteiger partial charge in [0.05, 0.1) is 5.71 Å². The summed E-state index contributed by atoms with van der Waals surface area (Å²) in [7, 11) is 0. The maximum atomic E-state index is 4.57. The number of nitrogens with zero attached hydrogens (tertiary/aromatic N) is 1. The third kappa shape index (κ3) is 2.76. The van der Waals surface area contributed by atoms with Crippen molar-refractivity contribution in [3.63, 3.8) is 0 Å². The van der Waals surface area contributed by atoms with E-state index >= 15 is 0 Å². The Hall–Kier alpha value is -1.87. The number of hydrogen-bond donors (Lipinski definition) is 1. The molecule has 0 saturated heterocycles. The molecule has 1 aliphatic rings. The van der Waals surface area contributed by atoms with Crippen molar-refractivity contribution in [3.8, 4) is 0 Å². The summed E-state index contributed by atoms with van der Waals surface area (Å²) in [4.78, 5) is 4.57. The van der Waals surface area contributed by atoms with Crippen LogP contribution in [0.4, 0.5) is 0 Å². The van der Waals surface area contributed by atoms with Crippen LogP contribution < -0.4 is 5.32 Å². The van der Waals surface area contributed by atoms with E-state index in [-0.39, 0.29) is 5.08 Å². The molecule has 3 rings (SSSR count). The largest absolute Gasteiger partial charge is 0.354 e. The Balaban J connectivity index is 2.00. The molecule has 19 heavy (non-hydrogen) atoms. The third-order valence-electron chi connectivity index (χ3n) is 2.96. The van der Waals surface area contributed by atoms with E-state index in [1.165, 1.54) is 0 Å². The molecule has 2 aromatic rings. The standard InChI is InChI=1S/C16H13BrN2/c17-16-18-14(12-7-3-1-4-8-12)11-15(19-16)13-9-5-2-6-10-13/h1-11,16,18H. The molecule has 1 aliphatic heterocycles. The summed E-state index contributed by atoms with van der Waals surface area (Å²) in [6, 6.07) is 20.5. The van der Waals surface area contributed by atoms with Gasteiger partial charge in [-0.25, -0.2) is 4.99 Å². The summed E-state index contributed by atoms with van der Waals surface area (Å²) in [6.07, 6.45) is 2.09. The van der Waals surface area contributed by atoms with Crippen LogP contribution >= 0.6 is 15.9 Å². The van der Waals surface area contributed by atoms with Crippen molar-refractivity contribution in [1.82, 2.24) is 5.32 Å². The monoisotopic (exact) mass is 312 g/mol. The first-order valence-electron chi connectivity index (χ1n) is 6.14. The molecule has 94 valence electrons. The van der Waals surface area contributed by atoms with Gasteiger partial charge in [0.15, 0.2) is 5.08 Å². The van der Waals surface area contributed by atoms with Crippen molar-refractivity contribution in [2.75, 3.05) is 0 Å². The molecule has 1 N–H and O–H groups in total. The van der Waals surface area contributed by atoms with Crippen molar-refractivity contribution in [2.24, 2.45) is 4.99 Å². The molecule has 1 heterocycles. The average molecular weight is 313 g/mol. The third-order valence-corrected chi connectivity index (χ3v) is 3.40. The number of benzene rings is 2. The van der Waals surface area contributed by atoms with Crippen LogP contribution in [0, 0.1) is 0 Å². The summed E-state index contributed by atoms with van der Waals surface area (Å²) in [5, 5.41) is 3.23. The van der Waals surface area contributed by atoms with Gasteiger partial charge in [-0.05, 0) is 33.1 Å². The molecule has 0 bridgehead atoms. The van der Waals surface area contributed by atoms with Crippen LogP contribution in [-0.2, 0) is 0 Å². The molecule has 0 radical (unpaired) electrons. The molecule has 0 saturated carbocycles. The maximum Gasteiger partial charge on any atom is 0.175 e. The summed E-state index contributed by atoms with van der Waals surface area (Å²) >= 11 is 3.52. The van der Waals surface area contributed by atoms with Gasteiger partial charge in [-0.3, -0.25) is 0 Å². The van der Waals surface area contributed by atoms with Gasteiger partial charge >= 0.3 is 0 Å². The molecule has 2 aromatic carbocycles. The van der Waals surface area contributed by atoms with E-state index in [2.05, 4.69) is 56.6 Å². The predicted octanol–water partition coefficient (Wildman–Crippen LogP) is 3.80. The second-order valence-electron chi connectivity index (χ2n) is 4.28. The van der Waals surface area contributed by atoms with Gasteiger partial charge in [-0.15, -0.1) is 0 Å². The molecular weight excluding hydrogens is 300 g/mol. The fourth-order valence-electron chi connectivity index (χ4n) is 2.05. The molecule has 0 amide bonds. The molecule has 0 spiro atoms. The quantitative estimate of drug-likeness (QED) is 0.662. The average Bonchev–Trinajstić information content (AvgIpc) is 2.48. The zero-order valence-corrected chi connectivity index (χ0v) is 11.8. The topological polar surface area (TPSA) is 24.4 Å². The lowest BCUT2D eigenvalue weighted by Crippen LogP contribution is -2.26. The number of allylic oxidation sites excluding steroid dienone is 1. The van der Waals surface area contributed by atoms with Gasteiger partial charge in [0.25, 0.3) is 0 Å². The van der Waals surface area contributed by atoms with E-state index in [9.17, 15) is 0 Å². The van der Waals surface area contributed by atoms with Gasteiger partial charge in [0, 0.05) is 5.70 Å². The number of aliphatic imine (C=N–C) groups is 1. The number of rotatable bonds is 2. The first-order valence-corrected chi connectivity index (χ1v) is 7.05. The molecule has 1 unspecified atom stereocenters. The Labute approximate surface area is 121 Å². The van der Waals surface area contributed by atoms with E-state index < -0.39 is 0 Å². The maximum absolute atomic E-state index is 4.57. The van der Waals surface area contributed by atoms with Crippen LogP contribution in [0.2, 0.25) is 0 Å². The zero-order valence-electron chi connectivity index (χ0n) is 10.3. The van der Waals surface area contributed by atoms with Crippen molar-refractivity contribution < 1.29 is 0 Å². The van der Waals surface area contributed by atoms with E-state index in [1.807, 2.05) is 36.4 Å². The lowest BCUT2D eigenvalue weighted by Gasteiger charge is -2.20. The van der Waals surface area contributed by atoms with Gasteiger partial charge in [0.1, 0.15) is 0 Å². The SMILES string of the molecule is BrC1N=C(c2ccccc2)C=C(c2ccccc2)N1. The summed E-state index contributed by atoms with van der Waals surface area (Å²) in [5.41, 5.74) is 4.36. The minimum absolute atomic E-state index is 0.0945. The fraction of sp³-hybridized carbons (Fsp3) is 0.0625. The molecule has 0 aliphatic carbocycles. The Morgan fingerprint density at radius 1 is 0.842 bits per heavy atom. The highest BCUT2D eigenvalue weighted by Crippen LogP contribution is 2.20. The summed E-state index contributed by atoms with van der Waals surface area (Å²) in [6.45, 7) is 0. The fourth-order valence-corrected chi connectivity index (χ4v) is 2.52. The predicted molar refractivity (Wildman–Crippen MR) is 83.2 cm³/mol. The molecule has 0 aromatic heterocycles. The van der Waals surface area contributed by atoms with E-state index in [1.54, 1.807) is 0 Å². The first-order chi connectivity index (χ1) is 9.33. The minimum atomic E-state index is -0.0945. The smallest absolute Gasteiger partial charge is 0.175 e. The van der Waals surface area contributed by atoms with Gasteiger partial charge in [0.2, 0.25) is 0 Å². The zero-order chi connectivity index (χ0) is 13.1. The van der Waals surface area contributed by atoms with Crippen LogP contribution in [0.15, 0.2) is 71.7 Å². The highest BCUT2D eigenvalue weighted by Gasteiger charge is 2.14. The lowest BCUT2D eigenvalue weighted by molar-refractivity contribution is 0.845. The number of halogens is 1. The number of nitrogens with one attached hydrogen (secondary N) is 1. The van der Waals surface area contributed by atoms with Crippen molar-refractivity contribution in [1.29, 1.82) is 0 Å². The Morgan fingerprint density at radius 2 is 1.42 bits per heavy atom. The molecule has 2 nitrogen and oxygen atoms in total. The minimum Gasteiger partial charge on any atom is -0.354 e. The van der Waals surface area contributed by atoms with Crippen molar-refractivity contribution in [3.05, 3.63) is 77.9 Å². The highest BCUT2D eigenvalue weighted by molar-refractivity contribution is 9.09. The van der Waals surface area contributed by atoms with Gasteiger partial charge in [-0.1, -0.05) is 60.7 Å². The second kappa shape index (κ2) is 5.41. The van der Waals surface area contributed by atoms with Crippen molar-refractivity contribution in [2.45, 2.75) is 5.08 Å². The highest BCUT2D eigenvalue weighted by atomic mass is 79.9. The second-order valence-corrected chi connectivity index (χ2v) is 5.15. The molecule has 3 heteroatoms. The summed E-state index contributed by atoms with van der Waals surface area (Å²) < 4.78 is 0. The van der Waals surface area contributed by atoms with Crippen LogP contribution in [-0.4, -0.2) is 10.8 Å². The first kappa shape index (κ1) is 12.2. The van der Waals surface area contributed by atoms with E-state index in [0.717, 1.165) is 22.5 Å². The van der Waals surface area contributed by atoms with Crippen LogP contribution in [0.3, 0.4) is 0 Å². The van der Waals surface area contributed by atoms with Crippen LogP contribution in [0.5, 0.6) is 0 Å². The lowest BCUT2D eigenvalue weighted by atomic mass is 10.0. The number of alkyl halides is 1. The van der Waals surface area contributed by atoms with Crippen LogP contribution in [0.25, 0.3) is 5.70 Å². The normalized spacial score (nSPS) is 18.3.